The predicted octanol–water partition coefficient (Wildman–Crippen LogP) is 0.712. The Morgan fingerprint density at radius 2 is 2.50 bits per heavy atom. The van der Waals surface area contributed by atoms with Crippen molar-refractivity contribution in [1.29, 1.82) is 5.26 Å². The number of nitriles is 1. The minimum Gasteiger partial charge on any atom is -0.481 e. The molecule has 0 aromatic carbocycles. The van der Waals surface area contributed by atoms with Crippen molar-refractivity contribution in [1.82, 2.24) is 4.90 Å². The van der Waals surface area contributed by atoms with Gasteiger partial charge in [0.1, 0.15) is 0 Å². The van der Waals surface area contributed by atoms with Gasteiger partial charge >= 0.3 is 5.97 Å². The highest BCUT2D eigenvalue weighted by molar-refractivity contribution is 5.69. The number of carboxylic acids is 1. The van der Waals surface area contributed by atoms with Crippen LogP contribution in [0.2, 0.25) is 0 Å². The molecule has 1 rings (SSSR count). The summed E-state index contributed by atoms with van der Waals surface area (Å²) in [6.45, 7) is 3.76. The lowest BCUT2D eigenvalue weighted by molar-refractivity contribution is -0.141. The molecule has 1 aliphatic rings. The number of ether oxygens (including phenoxy) is 1. The Kier molecular flexibility index (Phi) is 5.23. The van der Waals surface area contributed by atoms with E-state index in [1.54, 1.807) is 6.92 Å². The summed E-state index contributed by atoms with van der Waals surface area (Å²) in [5, 5.41) is 17.5. The SMILES string of the molecule is CC(CN(CC#N)CC1CCCO1)C(=O)O. The molecule has 2 unspecified atom stereocenters. The maximum atomic E-state index is 10.7. The van der Waals surface area contributed by atoms with E-state index in [9.17, 15) is 4.79 Å². The molecule has 0 aromatic heterocycles. The molecule has 0 aliphatic carbocycles. The third-order valence-corrected chi connectivity index (χ3v) is 2.73. The summed E-state index contributed by atoms with van der Waals surface area (Å²) in [5.41, 5.74) is 0. The van der Waals surface area contributed by atoms with Gasteiger partial charge in [-0.1, -0.05) is 6.92 Å². The minimum absolute atomic E-state index is 0.161. The quantitative estimate of drug-likeness (QED) is 0.675. The number of hydrogen-bond acceptors (Lipinski definition) is 4. The summed E-state index contributed by atoms with van der Waals surface area (Å²) in [7, 11) is 0. The maximum Gasteiger partial charge on any atom is 0.307 e. The standard InChI is InChI=1S/C11H18N2O3/c1-9(11(14)15)7-13(5-4-12)8-10-3-2-6-16-10/h9-10H,2-3,5-8H2,1H3,(H,14,15). The van der Waals surface area contributed by atoms with Crippen molar-refractivity contribution in [3.63, 3.8) is 0 Å². The van der Waals surface area contributed by atoms with Crippen molar-refractivity contribution < 1.29 is 14.6 Å². The molecule has 1 heterocycles. The molecule has 1 saturated heterocycles. The van der Waals surface area contributed by atoms with Crippen molar-refractivity contribution in [2.24, 2.45) is 5.92 Å². The van der Waals surface area contributed by atoms with E-state index in [1.165, 1.54) is 0 Å². The molecular formula is C11H18N2O3. The Hall–Kier alpha value is -1.12. The smallest absolute Gasteiger partial charge is 0.307 e. The van der Waals surface area contributed by atoms with Crippen LogP contribution in [-0.4, -0.2) is 48.3 Å². The molecular weight excluding hydrogens is 208 g/mol. The Bertz CT molecular complexity index is 269. The Labute approximate surface area is 95.6 Å². The van der Waals surface area contributed by atoms with Crippen LogP contribution in [0.5, 0.6) is 0 Å². The van der Waals surface area contributed by atoms with Crippen LogP contribution in [0.15, 0.2) is 0 Å². The highest BCUT2D eigenvalue weighted by Crippen LogP contribution is 2.14. The molecule has 0 radical (unpaired) electrons. The summed E-state index contributed by atoms with van der Waals surface area (Å²) in [6, 6.07) is 2.06. The Morgan fingerprint density at radius 1 is 1.75 bits per heavy atom. The number of aliphatic carboxylic acids is 1. The minimum atomic E-state index is -0.824. The van der Waals surface area contributed by atoms with Crippen molar-refractivity contribution in [2.75, 3.05) is 26.2 Å². The Balaban J connectivity index is 2.40. The van der Waals surface area contributed by atoms with Gasteiger partial charge in [0.2, 0.25) is 0 Å². The van der Waals surface area contributed by atoms with Crippen LogP contribution >= 0.6 is 0 Å². The fraction of sp³-hybridized carbons (Fsp3) is 0.818. The van der Waals surface area contributed by atoms with Crippen molar-refractivity contribution in [3.05, 3.63) is 0 Å². The van der Waals surface area contributed by atoms with Crippen LogP contribution in [0.3, 0.4) is 0 Å². The summed E-state index contributed by atoms with van der Waals surface area (Å²) in [5.74, 6) is -1.27. The number of nitrogens with zero attached hydrogens (tertiary/aromatic N) is 2. The van der Waals surface area contributed by atoms with Gasteiger partial charge in [0, 0.05) is 19.7 Å². The second kappa shape index (κ2) is 6.46. The van der Waals surface area contributed by atoms with Crippen molar-refractivity contribution in [2.45, 2.75) is 25.9 Å². The third-order valence-electron chi connectivity index (χ3n) is 2.73. The summed E-state index contributed by atoms with van der Waals surface area (Å²) in [4.78, 5) is 12.6. The van der Waals surface area contributed by atoms with Gasteiger partial charge in [-0.2, -0.15) is 5.26 Å². The largest absolute Gasteiger partial charge is 0.481 e. The third kappa shape index (κ3) is 4.17. The van der Waals surface area contributed by atoms with E-state index in [-0.39, 0.29) is 12.6 Å². The number of rotatable bonds is 6. The zero-order valence-corrected chi connectivity index (χ0v) is 9.56. The van der Waals surface area contributed by atoms with E-state index in [4.69, 9.17) is 15.1 Å². The first-order valence-corrected chi connectivity index (χ1v) is 5.57. The topological polar surface area (TPSA) is 73.6 Å². The van der Waals surface area contributed by atoms with E-state index in [2.05, 4.69) is 6.07 Å². The second-order valence-electron chi connectivity index (χ2n) is 4.23. The highest BCUT2D eigenvalue weighted by Gasteiger charge is 2.22. The van der Waals surface area contributed by atoms with Gasteiger partial charge in [-0.15, -0.1) is 0 Å². The van der Waals surface area contributed by atoms with E-state index in [1.807, 2.05) is 4.90 Å². The maximum absolute atomic E-state index is 10.7. The molecule has 0 saturated carbocycles. The van der Waals surface area contributed by atoms with Gasteiger partial charge < -0.3 is 9.84 Å². The molecule has 90 valence electrons. The average Bonchev–Trinajstić information content (AvgIpc) is 2.70. The van der Waals surface area contributed by atoms with E-state index in [0.29, 0.717) is 13.1 Å². The molecule has 2 atom stereocenters. The van der Waals surface area contributed by atoms with E-state index in [0.717, 1.165) is 19.4 Å². The van der Waals surface area contributed by atoms with Crippen LogP contribution in [0.25, 0.3) is 0 Å². The predicted molar refractivity (Wildman–Crippen MR) is 57.8 cm³/mol. The molecule has 5 nitrogen and oxygen atoms in total. The van der Waals surface area contributed by atoms with Gasteiger partial charge in [0.05, 0.1) is 24.6 Å². The zero-order valence-electron chi connectivity index (χ0n) is 9.56. The molecule has 0 spiro atoms. The lowest BCUT2D eigenvalue weighted by atomic mass is 10.1. The summed E-state index contributed by atoms with van der Waals surface area (Å²) < 4.78 is 5.47. The zero-order chi connectivity index (χ0) is 12.0. The van der Waals surface area contributed by atoms with E-state index < -0.39 is 11.9 Å². The summed E-state index contributed by atoms with van der Waals surface area (Å²) >= 11 is 0. The van der Waals surface area contributed by atoms with Gasteiger partial charge in [0.15, 0.2) is 0 Å². The fourth-order valence-electron chi connectivity index (χ4n) is 1.85. The van der Waals surface area contributed by atoms with Crippen LogP contribution < -0.4 is 0 Å². The van der Waals surface area contributed by atoms with Crippen molar-refractivity contribution in [3.8, 4) is 6.07 Å². The van der Waals surface area contributed by atoms with Crippen LogP contribution in [0.4, 0.5) is 0 Å². The lowest BCUT2D eigenvalue weighted by Gasteiger charge is -2.24. The lowest BCUT2D eigenvalue weighted by Crippen LogP contribution is -2.37. The average molecular weight is 226 g/mol. The Morgan fingerprint density at radius 3 is 3.00 bits per heavy atom. The normalized spacial score (nSPS) is 21.9. The summed E-state index contributed by atoms with van der Waals surface area (Å²) in [6.07, 6.45) is 2.22. The van der Waals surface area contributed by atoms with Crippen LogP contribution in [0.1, 0.15) is 19.8 Å². The number of hydrogen-bond donors (Lipinski definition) is 1. The van der Waals surface area contributed by atoms with Crippen LogP contribution in [0, 0.1) is 17.2 Å². The van der Waals surface area contributed by atoms with Gasteiger partial charge in [-0.3, -0.25) is 9.69 Å². The highest BCUT2D eigenvalue weighted by atomic mass is 16.5. The monoisotopic (exact) mass is 226 g/mol. The number of carboxylic acid groups (broad SMARTS) is 1. The molecule has 1 N–H and O–H groups in total. The molecule has 1 fully saturated rings. The second-order valence-corrected chi connectivity index (χ2v) is 4.23. The van der Waals surface area contributed by atoms with Gasteiger partial charge in [-0.05, 0) is 12.8 Å². The molecule has 0 aromatic rings. The molecule has 16 heavy (non-hydrogen) atoms. The molecule has 0 bridgehead atoms. The first-order valence-electron chi connectivity index (χ1n) is 5.57. The number of carbonyl (C=O) groups is 1. The van der Waals surface area contributed by atoms with Gasteiger partial charge in [0.25, 0.3) is 0 Å². The van der Waals surface area contributed by atoms with Crippen molar-refractivity contribution >= 4 is 5.97 Å². The first kappa shape index (κ1) is 12.9. The van der Waals surface area contributed by atoms with E-state index >= 15 is 0 Å². The molecule has 5 heteroatoms. The fourth-order valence-corrected chi connectivity index (χ4v) is 1.85. The van der Waals surface area contributed by atoms with Crippen LogP contribution in [-0.2, 0) is 9.53 Å². The van der Waals surface area contributed by atoms with Gasteiger partial charge in [-0.25, -0.2) is 0 Å². The molecule has 1 aliphatic heterocycles. The molecule has 0 amide bonds. The first-order chi connectivity index (χ1) is 7.63.